The molecule has 0 saturated carbocycles. The van der Waals surface area contributed by atoms with Gasteiger partial charge in [-0.25, -0.2) is 0 Å². The maximum absolute atomic E-state index is 13.6. The van der Waals surface area contributed by atoms with Crippen molar-refractivity contribution in [1.82, 2.24) is 15.1 Å². The van der Waals surface area contributed by atoms with Gasteiger partial charge in [-0.05, 0) is 41.7 Å². The van der Waals surface area contributed by atoms with Crippen LogP contribution in [0.15, 0.2) is 78.9 Å². The number of benzene rings is 3. The number of nitrogens with zero attached hydrogens (tertiary/aromatic N) is 2. The van der Waals surface area contributed by atoms with Crippen molar-refractivity contribution in [3.05, 3.63) is 106 Å². The molecule has 3 aromatic carbocycles. The van der Waals surface area contributed by atoms with Crippen molar-refractivity contribution < 1.29 is 9.53 Å². The fourth-order valence-electron chi connectivity index (χ4n) is 4.49. The van der Waals surface area contributed by atoms with Crippen LogP contribution in [0.4, 0.5) is 0 Å². The highest BCUT2D eigenvalue weighted by Gasteiger charge is 2.42. The minimum absolute atomic E-state index is 0.0862. The van der Waals surface area contributed by atoms with E-state index in [1.807, 2.05) is 83.8 Å². The fraction of sp³-hybridized carbons (Fsp3) is 0.241. The number of halogens is 1. The number of H-pyrrole nitrogens is 1. The summed E-state index contributed by atoms with van der Waals surface area (Å²) in [6, 6.07) is 25.4. The fourth-order valence-corrected chi connectivity index (χ4v) is 4.69. The average Bonchev–Trinajstić information content (AvgIpc) is 3.41. The van der Waals surface area contributed by atoms with Gasteiger partial charge in [0.2, 0.25) is 0 Å². The molecule has 4 aromatic rings. The molecule has 2 heterocycles. The van der Waals surface area contributed by atoms with Crippen LogP contribution in [0.2, 0.25) is 5.02 Å². The summed E-state index contributed by atoms with van der Waals surface area (Å²) in [5.41, 5.74) is 5.08. The lowest BCUT2D eigenvalue weighted by atomic mass is 9.96. The van der Waals surface area contributed by atoms with Gasteiger partial charge in [-0.15, -0.1) is 0 Å². The van der Waals surface area contributed by atoms with Crippen molar-refractivity contribution in [2.75, 3.05) is 6.61 Å². The molecule has 6 heteroatoms. The highest BCUT2D eigenvalue weighted by atomic mass is 35.5. The van der Waals surface area contributed by atoms with Crippen molar-refractivity contribution in [3.8, 4) is 17.0 Å². The maximum Gasteiger partial charge on any atom is 0.273 e. The van der Waals surface area contributed by atoms with E-state index in [1.165, 1.54) is 0 Å². The van der Waals surface area contributed by atoms with E-state index in [0.29, 0.717) is 29.8 Å². The van der Waals surface area contributed by atoms with Crippen LogP contribution >= 0.6 is 11.6 Å². The van der Waals surface area contributed by atoms with Crippen molar-refractivity contribution >= 4 is 17.5 Å². The van der Waals surface area contributed by atoms with E-state index in [0.717, 1.165) is 40.1 Å². The normalized spacial score (nSPS) is 15.0. The SMILES string of the molecule is CC(C)CCOc1ccc(C2c3c(-c4ccccc4)n[nH]c3C(=O)N2Cc2ccccc2Cl)cc1. The lowest BCUT2D eigenvalue weighted by Gasteiger charge is -2.27. The molecule has 5 rings (SSSR count). The molecule has 1 aliphatic rings. The molecule has 1 N–H and O–H groups in total. The Morgan fingerprint density at radius 2 is 1.71 bits per heavy atom. The number of ether oxygens (including phenoxy) is 1. The molecule has 0 radical (unpaired) electrons. The molecular formula is C29H28ClN3O2. The number of amides is 1. The zero-order valence-electron chi connectivity index (χ0n) is 19.9. The summed E-state index contributed by atoms with van der Waals surface area (Å²) in [5.74, 6) is 1.33. The summed E-state index contributed by atoms with van der Waals surface area (Å²) >= 11 is 6.47. The number of aromatic nitrogens is 2. The van der Waals surface area contributed by atoms with E-state index in [9.17, 15) is 4.79 Å². The van der Waals surface area contributed by atoms with Crippen LogP contribution in [0.25, 0.3) is 11.3 Å². The second-order valence-corrected chi connectivity index (χ2v) is 9.66. The van der Waals surface area contributed by atoms with Gasteiger partial charge >= 0.3 is 0 Å². The molecule has 0 spiro atoms. The summed E-state index contributed by atoms with van der Waals surface area (Å²) in [5, 5.41) is 8.20. The average molecular weight is 486 g/mol. The van der Waals surface area contributed by atoms with Crippen molar-refractivity contribution in [2.45, 2.75) is 32.9 Å². The van der Waals surface area contributed by atoms with Gasteiger partial charge in [0.05, 0.1) is 18.3 Å². The van der Waals surface area contributed by atoms with Crippen molar-refractivity contribution in [3.63, 3.8) is 0 Å². The third-order valence-corrected chi connectivity index (χ3v) is 6.74. The van der Waals surface area contributed by atoms with Crippen LogP contribution in [0.3, 0.4) is 0 Å². The third kappa shape index (κ3) is 4.69. The maximum atomic E-state index is 13.6. The van der Waals surface area contributed by atoms with Gasteiger partial charge in [-0.2, -0.15) is 5.10 Å². The highest BCUT2D eigenvalue weighted by molar-refractivity contribution is 6.31. The van der Waals surface area contributed by atoms with Crippen LogP contribution in [-0.4, -0.2) is 27.6 Å². The Morgan fingerprint density at radius 3 is 2.43 bits per heavy atom. The summed E-state index contributed by atoms with van der Waals surface area (Å²) in [7, 11) is 0. The first-order valence-electron chi connectivity index (χ1n) is 11.9. The van der Waals surface area contributed by atoms with Gasteiger partial charge < -0.3 is 9.64 Å². The Kier molecular flexibility index (Phi) is 6.60. The number of carbonyl (C=O) groups is 1. The number of nitrogens with one attached hydrogen (secondary N) is 1. The lowest BCUT2D eigenvalue weighted by Crippen LogP contribution is -2.29. The summed E-state index contributed by atoms with van der Waals surface area (Å²) in [4.78, 5) is 15.5. The zero-order chi connectivity index (χ0) is 24.4. The quantitative estimate of drug-likeness (QED) is 0.295. The van der Waals surface area contributed by atoms with Gasteiger partial charge in [0.1, 0.15) is 11.4 Å². The predicted octanol–water partition coefficient (Wildman–Crippen LogP) is 6.90. The molecule has 0 bridgehead atoms. The molecule has 35 heavy (non-hydrogen) atoms. The summed E-state index contributed by atoms with van der Waals surface area (Å²) in [6.07, 6.45) is 1.00. The predicted molar refractivity (Wildman–Crippen MR) is 139 cm³/mol. The standard InChI is InChI=1S/C29H28ClN3O2/c1-19(2)16-17-35-23-14-12-21(13-15-23)28-25-26(20-8-4-3-5-9-20)31-32-27(25)29(34)33(28)18-22-10-6-7-11-24(22)30/h3-15,19,28H,16-18H2,1-2H3,(H,31,32). The van der Waals surface area contributed by atoms with Crippen LogP contribution in [0, 0.1) is 5.92 Å². The molecule has 0 saturated heterocycles. The minimum atomic E-state index is -0.299. The van der Waals surface area contributed by atoms with Gasteiger partial charge in [-0.1, -0.05) is 86.1 Å². The Labute approximate surface area is 210 Å². The molecule has 5 nitrogen and oxygen atoms in total. The summed E-state index contributed by atoms with van der Waals surface area (Å²) in [6.45, 7) is 5.45. The van der Waals surface area contributed by atoms with Gasteiger partial charge in [0.15, 0.2) is 0 Å². The van der Waals surface area contributed by atoms with Gasteiger partial charge in [-0.3, -0.25) is 9.89 Å². The molecule has 0 fully saturated rings. The molecule has 1 amide bonds. The molecule has 1 atom stereocenters. The van der Waals surface area contributed by atoms with E-state index in [-0.39, 0.29) is 11.9 Å². The van der Waals surface area contributed by atoms with E-state index >= 15 is 0 Å². The van der Waals surface area contributed by atoms with Gasteiger partial charge in [0.25, 0.3) is 5.91 Å². The number of rotatable bonds is 8. The molecule has 0 aliphatic carbocycles. The monoisotopic (exact) mass is 485 g/mol. The van der Waals surface area contributed by atoms with E-state index in [4.69, 9.17) is 16.3 Å². The number of hydrogen-bond donors (Lipinski definition) is 1. The zero-order valence-corrected chi connectivity index (χ0v) is 20.6. The molecule has 1 aromatic heterocycles. The van der Waals surface area contributed by atoms with Crippen LogP contribution < -0.4 is 4.74 Å². The van der Waals surface area contributed by atoms with Crippen molar-refractivity contribution in [1.29, 1.82) is 0 Å². The highest BCUT2D eigenvalue weighted by Crippen LogP contribution is 2.44. The Balaban J connectivity index is 1.53. The Hall–Kier alpha value is -3.57. The molecular weight excluding hydrogens is 458 g/mol. The second kappa shape index (κ2) is 9.96. The first kappa shape index (κ1) is 23.2. The molecule has 1 aliphatic heterocycles. The number of hydrogen-bond acceptors (Lipinski definition) is 3. The Morgan fingerprint density at radius 1 is 1.00 bits per heavy atom. The number of fused-ring (bicyclic) bond motifs is 1. The summed E-state index contributed by atoms with van der Waals surface area (Å²) < 4.78 is 5.92. The van der Waals surface area contributed by atoms with Crippen LogP contribution in [0.1, 0.15) is 53.5 Å². The Bertz CT molecular complexity index is 1320. The van der Waals surface area contributed by atoms with Gasteiger partial charge in [0, 0.05) is 22.7 Å². The third-order valence-electron chi connectivity index (χ3n) is 6.37. The first-order chi connectivity index (χ1) is 17.0. The van der Waals surface area contributed by atoms with E-state index in [2.05, 4.69) is 24.0 Å². The van der Waals surface area contributed by atoms with Crippen LogP contribution in [0.5, 0.6) is 5.75 Å². The molecule has 178 valence electrons. The number of carbonyl (C=O) groups excluding carboxylic acids is 1. The van der Waals surface area contributed by atoms with Crippen molar-refractivity contribution in [2.24, 2.45) is 5.92 Å². The van der Waals surface area contributed by atoms with E-state index in [1.54, 1.807) is 0 Å². The molecule has 1 unspecified atom stereocenters. The topological polar surface area (TPSA) is 58.2 Å². The first-order valence-corrected chi connectivity index (χ1v) is 12.3. The second-order valence-electron chi connectivity index (χ2n) is 9.25. The lowest BCUT2D eigenvalue weighted by molar-refractivity contribution is 0.0730. The smallest absolute Gasteiger partial charge is 0.273 e. The van der Waals surface area contributed by atoms with E-state index < -0.39 is 0 Å². The minimum Gasteiger partial charge on any atom is -0.494 e. The van der Waals surface area contributed by atoms with Crippen LogP contribution in [-0.2, 0) is 6.54 Å². The largest absolute Gasteiger partial charge is 0.494 e. The number of aromatic amines is 1.